The predicted octanol–water partition coefficient (Wildman–Crippen LogP) is 5.74. The van der Waals surface area contributed by atoms with Gasteiger partial charge >= 0.3 is 0 Å². The van der Waals surface area contributed by atoms with E-state index in [-0.39, 0.29) is 5.60 Å². The van der Waals surface area contributed by atoms with Crippen LogP contribution in [0.15, 0.2) is 72.8 Å². The monoisotopic (exact) mass is 334 g/mol. The minimum Gasteiger partial charge on any atom is -0.351 e. The van der Waals surface area contributed by atoms with Crippen molar-refractivity contribution in [3.63, 3.8) is 0 Å². The predicted molar refractivity (Wildman–Crippen MR) is 104 cm³/mol. The molecule has 2 heteroatoms. The van der Waals surface area contributed by atoms with Crippen molar-refractivity contribution < 1.29 is 9.47 Å². The van der Waals surface area contributed by atoms with Crippen LogP contribution < -0.4 is 0 Å². The van der Waals surface area contributed by atoms with Gasteiger partial charge in [-0.1, -0.05) is 72.8 Å². The molecule has 0 aliphatic rings. The van der Waals surface area contributed by atoms with Crippen LogP contribution in [0.4, 0.5) is 0 Å². The van der Waals surface area contributed by atoms with Crippen molar-refractivity contribution in [2.24, 2.45) is 0 Å². The fourth-order valence-electron chi connectivity index (χ4n) is 2.93. The summed E-state index contributed by atoms with van der Waals surface area (Å²) >= 11 is 0. The van der Waals surface area contributed by atoms with E-state index < -0.39 is 0 Å². The van der Waals surface area contributed by atoms with Crippen molar-refractivity contribution in [3.8, 4) is 0 Å². The van der Waals surface area contributed by atoms with Gasteiger partial charge in [0.15, 0.2) is 0 Å². The van der Waals surface area contributed by atoms with Gasteiger partial charge in [-0.25, -0.2) is 0 Å². The van der Waals surface area contributed by atoms with Crippen LogP contribution in [0.25, 0.3) is 10.8 Å². The lowest BCUT2D eigenvalue weighted by molar-refractivity contribution is -0.134. The highest BCUT2D eigenvalue weighted by Gasteiger charge is 2.18. The molecule has 0 radical (unpaired) electrons. The van der Waals surface area contributed by atoms with Crippen LogP contribution in [-0.4, -0.2) is 12.4 Å². The number of ether oxygens (including phenoxy) is 2. The molecule has 0 saturated heterocycles. The first-order valence-electron chi connectivity index (χ1n) is 8.86. The summed E-state index contributed by atoms with van der Waals surface area (Å²) in [5.41, 5.74) is 2.34. The van der Waals surface area contributed by atoms with Crippen LogP contribution in [0.2, 0.25) is 0 Å². The van der Waals surface area contributed by atoms with Crippen molar-refractivity contribution >= 4 is 10.8 Å². The lowest BCUT2D eigenvalue weighted by Gasteiger charge is -2.25. The molecule has 2 nitrogen and oxygen atoms in total. The molecular formula is C23H26O2. The maximum absolute atomic E-state index is 5.96. The third kappa shape index (κ3) is 5.15. The molecule has 130 valence electrons. The zero-order chi connectivity index (χ0) is 17.5. The molecule has 25 heavy (non-hydrogen) atoms. The lowest BCUT2D eigenvalue weighted by Crippen LogP contribution is -2.26. The van der Waals surface area contributed by atoms with Gasteiger partial charge in [0.05, 0.1) is 12.2 Å². The Balaban J connectivity index is 1.47. The summed E-state index contributed by atoms with van der Waals surface area (Å²) in [6.45, 7) is 5.12. The smallest absolute Gasteiger partial charge is 0.147 e. The number of hydrogen-bond acceptors (Lipinski definition) is 2. The molecule has 0 spiro atoms. The van der Waals surface area contributed by atoms with E-state index in [0.29, 0.717) is 13.4 Å². The standard InChI is InChI=1S/C23H26O2/c1-23(2,16-15-19-9-4-3-5-10-19)25-18-24-17-21-13-8-12-20-11-6-7-14-22(20)21/h3-14H,15-18H2,1-2H3. The van der Waals surface area contributed by atoms with Crippen molar-refractivity contribution in [1.82, 2.24) is 0 Å². The van der Waals surface area contributed by atoms with Crippen LogP contribution in [0.3, 0.4) is 0 Å². The molecule has 3 rings (SSSR count). The highest BCUT2D eigenvalue weighted by Crippen LogP contribution is 2.21. The Morgan fingerprint density at radius 1 is 0.800 bits per heavy atom. The van der Waals surface area contributed by atoms with Crippen LogP contribution in [0.5, 0.6) is 0 Å². The third-order valence-corrected chi connectivity index (χ3v) is 4.53. The molecule has 0 atom stereocenters. The molecule has 0 aromatic heterocycles. The average molecular weight is 334 g/mol. The fourth-order valence-corrected chi connectivity index (χ4v) is 2.93. The molecule has 0 aliphatic heterocycles. The minimum absolute atomic E-state index is 0.200. The van der Waals surface area contributed by atoms with E-state index in [2.05, 4.69) is 80.6 Å². The van der Waals surface area contributed by atoms with Gasteiger partial charge in [-0.2, -0.15) is 0 Å². The summed E-state index contributed by atoms with van der Waals surface area (Å²) in [6.07, 6.45) is 1.98. The topological polar surface area (TPSA) is 18.5 Å². The summed E-state index contributed by atoms with van der Waals surface area (Å²) in [5.74, 6) is 0. The van der Waals surface area contributed by atoms with Crippen molar-refractivity contribution in [2.75, 3.05) is 6.79 Å². The first-order chi connectivity index (χ1) is 12.1. The van der Waals surface area contributed by atoms with E-state index in [1.54, 1.807) is 0 Å². The summed E-state index contributed by atoms with van der Waals surface area (Å²) in [7, 11) is 0. The summed E-state index contributed by atoms with van der Waals surface area (Å²) in [6, 6.07) is 25.2. The van der Waals surface area contributed by atoms with Crippen molar-refractivity contribution in [3.05, 3.63) is 83.9 Å². The maximum atomic E-state index is 5.96. The van der Waals surface area contributed by atoms with E-state index in [1.807, 2.05) is 6.07 Å². The molecule has 0 aliphatic carbocycles. The van der Waals surface area contributed by atoms with Gasteiger partial charge in [-0.15, -0.1) is 0 Å². The molecule has 0 bridgehead atoms. The van der Waals surface area contributed by atoms with Crippen molar-refractivity contribution in [2.45, 2.75) is 38.9 Å². The molecule has 0 saturated carbocycles. The van der Waals surface area contributed by atoms with E-state index in [4.69, 9.17) is 9.47 Å². The Morgan fingerprint density at radius 2 is 1.52 bits per heavy atom. The molecule has 0 N–H and O–H groups in total. The average Bonchev–Trinajstić information content (AvgIpc) is 2.65. The second-order valence-corrected chi connectivity index (χ2v) is 6.99. The van der Waals surface area contributed by atoms with Crippen LogP contribution in [0.1, 0.15) is 31.4 Å². The normalized spacial score (nSPS) is 11.8. The van der Waals surface area contributed by atoms with Gasteiger partial charge < -0.3 is 9.47 Å². The summed E-state index contributed by atoms with van der Waals surface area (Å²) in [4.78, 5) is 0. The number of benzene rings is 3. The SMILES string of the molecule is CC(C)(CCc1ccccc1)OCOCc1cccc2ccccc12. The highest BCUT2D eigenvalue weighted by atomic mass is 16.7. The Morgan fingerprint density at radius 3 is 2.36 bits per heavy atom. The number of fused-ring (bicyclic) bond motifs is 1. The fraction of sp³-hybridized carbons (Fsp3) is 0.304. The zero-order valence-corrected chi connectivity index (χ0v) is 15.1. The first-order valence-corrected chi connectivity index (χ1v) is 8.86. The largest absolute Gasteiger partial charge is 0.351 e. The van der Waals surface area contributed by atoms with E-state index in [9.17, 15) is 0 Å². The third-order valence-electron chi connectivity index (χ3n) is 4.53. The number of hydrogen-bond donors (Lipinski definition) is 0. The Hall–Kier alpha value is -2.16. The van der Waals surface area contributed by atoms with Crippen LogP contribution in [0, 0.1) is 0 Å². The highest BCUT2D eigenvalue weighted by molar-refractivity contribution is 5.85. The number of aryl methyl sites for hydroxylation is 1. The van der Waals surface area contributed by atoms with E-state index >= 15 is 0 Å². The van der Waals surface area contributed by atoms with Crippen molar-refractivity contribution in [1.29, 1.82) is 0 Å². The van der Waals surface area contributed by atoms with Crippen LogP contribution in [-0.2, 0) is 22.5 Å². The van der Waals surface area contributed by atoms with Crippen LogP contribution >= 0.6 is 0 Å². The minimum atomic E-state index is -0.200. The second kappa shape index (κ2) is 8.28. The lowest BCUT2D eigenvalue weighted by atomic mass is 9.99. The molecule has 0 heterocycles. The Kier molecular flexibility index (Phi) is 5.85. The van der Waals surface area contributed by atoms with Gasteiger partial charge in [-0.3, -0.25) is 0 Å². The second-order valence-electron chi connectivity index (χ2n) is 6.99. The van der Waals surface area contributed by atoms with Gasteiger partial charge in [0.1, 0.15) is 6.79 Å². The summed E-state index contributed by atoms with van der Waals surface area (Å²) in [5, 5.41) is 2.49. The maximum Gasteiger partial charge on any atom is 0.147 e. The zero-order valence-electron chi connectivity index (χ0n) is 15.1. The quantitative estimate of drug-likeness (QED) is 0.386. The molecule has 0 unspecified atom stereocenters. The first kappa shape index (κ1) is 17.7. The van der Waals surface area contributed by atoms with Gasteiger partial charge in [0.25, 0.3) is 0 Å². The molecule has 0 amide bonds. The Bertz CT molecular complexity index is 788. The van der Waals surface area contributed by atoms with Gasteiger partial charge in [0.2, 0.25) is 0 Å². The molecular weight excluding hydrogens is 308 g/mol. The van der Waals surface area contributed by atoms with E-state index in [1.165, 1.54) is 21.9 Å². The van der Waals surface area contributed by atoms with Gasteiger partial charge in [-0.05, 0) is 48.6 Å². The molecule has 3 aromatic carbocycles. The Labute approximate surface area is 150 Å². The summed E-state index contributed by atoms with van der Waals surface area (Å²) < 4.78 is 11.8. The number of rotatable bonds is 8. The molecule has 3 aromatic rings. The molecule has 0 fully saturated rings. The van der Waals surface area contributed by atoms with Gasteiger partial charge in [0, 0.05) is 0 Å². The van der Waals surface area contributed by atoms with E-state index in [0.717, 1.165) is 12.8 Å².